The molecule has 0 amide bonds. The van der Waals surface area contributed by atoms with Crippen molar-refractivity contribution in [1.82, 2.24) is 4.57 Å². The molecular weight excluding hydrogens is 343 g/mol. The number of methoxy groups -OCH3 is 1. The Morgan fingerprint density at radius 2 is 2.12 bits per heavy atom. The van der Waals surface area contributed by atoms with Gasteiger partial charge >= 0.3 is 5.97 Å². The third kappa shape index (κ3) is 3.15. The topological polar surface area (TPSA) is 84.3 Å². The first-order valence-electron chi connectivity index (χ1n) is 7.68. The Morgan fingerprint density at radius 3 is 2.72 bits per heavy atom. The first-order chi connectivity index (χ1) is 12.1. The number of esters is 1. The number of ether oxygens (including phenoxy) is 1. The number of rotatable bonds is 3. The fourth-order valence-electron chi connectivity index (χ4n) is 2.82. The van der Waals surface area contributed by atoms with E-state index in [0.717, 1.165) is 24.6 Å². The summed E-state index contributed by atoms with van der Waals surface area (Å²) in [4.78, 5) is 14.0. The average Bonchev–Trinajstić information content (AvgIpc) is 2.98. The van der Waals surface area contributed by atoms with Gasteiger partial charge in [-0.2, -0.15) is 17.0 Å². The lowest BCUT2D eigenvalue weighted by molar-refractivity contribution is 0.0593. The van der Waals surface area contributed by atoms with E-state index in [1.54, 1.807) is 12.1 Å². The van der Waals surface area contributed by atoms with E-state index in [-0.39, 0.29) is 22.8 Å². The molecule has 1 saturated heterocycles. The smallest absolute Gasteiger partial charge is 0.357 e. The second-order valence-corrected chi connectivity index (χ2v) is 6.74. The van der Waals surface area contributed by atoms with Crippen molar-refractivity contribution in [3.8, 4) is 11.8 Å². The Bertz CT molecular complexity index is 853. The van der Waals surface area contributed by atoms with Crippen molar-refractivity contribution in [2.24, 2.45) is 0 Å². The van der Waals surface area contributed by atoms with Crippen LogP contribution in [0.2, 0.25) is 0 Å². The Balaban J connectivity index is 2.04. The molecule has 2 heterocycles. The van der Waals surface area contributed by atoms with Gasteiger partial charge in [0, 0.05) is 42.5 Å². The molecule has 130 valence electrons. The molecule has 6 nitrogen and oxygen atoms in total. The number of hydrogen-bond donors (Lipinski definition) is 1. The van der Waals surface area contributed by atoms with E-state index in [4.69, 9.17) is 15.7 Å². The van der Waals surface area contributed by atoms with Crippen molar-refractivity contribution >= 4 is 29.1 Å². The maximum Gasteiger partial charge on any atom is 0.357 e. The number of anilines is 2. The van der Waals surface area contributed by atoms with Gasteiger partial charge < -0.3 is 19.9 Å². The van der Waals surface area contributed by atoms with E-state index < -0.39 is 5.97 Å². The lowest BCUT2D eigenvalue weighted by atomic mass is 10.2. The molecule has 0 radical (unpaired) electrons. The van der Waals surface area contributed by atoms with E-state index in [0.29, 0.717) is 11.4 Å². The maximum atomic E-state index is 14.6. The van der Waals surface area contributed by atoms with Crippen molar-refractivity contribution in [2.45, 2.75) is 0 Å². The second kappa shape index (κ2) is 7.07. The summed E-state index contributed by atoms with van der Waals surface area (Å²) in [5.41, 5.74) is 6.97. The molecular formula is C17H17FN4O2S. The van der Waals surface area contributed by atoms with Crippen LogP contribution >= 0.6 is 11.8 Å². The number of nitrogens with zero attached hydrogens (tertiary/aromatic N) is 3. The molecule has 1 aliphatic rings. The largest absolute Gasteiger partial charge is 0.464 e. The number of aromatic nitrogens is 1. The molecule has 1 aliphatic heterocycles. The van der Waals surface area contributed by atoms with E-state index in [1.165, 1.54) is 23.9 Å². The van der Waals surface area contributed by atoms with Crippen LogP contribution in [-0.4, -0.2) is 42.2 Å². The number of halogens is 1. The van der Waals surface area contributed by atoms with Gasteiger partial charge in [0.1, 0.15) is 11.9 Å². The molecule has 0 saturated carbocycles. The van der Waals surface area contributed by atoms with E-state index >= 15 is 0 Å². The monoisotopic (exact) mass is 360 g/mol. The molecule has 0 unspecified atom stereocenters. The number of carbonyl (C=O) groups excluding carboxylic acids is 1. The number of nitrogen functional groups attached to an aromatic ring is 1. The second-order valence-electron chi connectivity index (χ2n) is 5.51. The number of nitrogens with two attached hydrogens (primary N) is 1. The van der Waals surface area contributed by atoms with Gasteiger partial charge in [-0.3, -0.25) is 0 Å². The third-order valence-corrected chi connectivity index (χ3v) is 5.05. The normalized spacial score (nSPS) is 14.2. The number of hydrogen-bond acceptors (Lipinski definition) is 6. The highest BCUT2D eigenvalue weighted by Gasteiger charge is 2.23. The maximum absolute atomic E-state index is 14.6. The SMILES string of the molecule is COC(=O)c1c(N)c(C#N)cn1-c1ccc(N2CCSCC2)c(F)c1. The summed E-state index contributed by atoms with van der Waals surface area (Å²) in [6, 6.07) is 6.65. The number of carbonyl (C=O) groups is 1. The van der Waals surface area contributed by atoms with Crippen molar-refractivity contribution in [3.63, 3.8) is 0 Å². The van der Waals surface area contributed by atoms with Gasteiger partial charge in [-0.25, -0.2) is 9.18 Å². The molecule has 2 N–H and O–H groups in total. The van der Waals surface area contributed by atoms with Crippen LogP contribution < -0.4 is 10.6 Å². The van der Waals surface area contributed by atoms with Gasteiger partial charge in [0.2, 0.25) is 0 Å². The van der Waals surface area contributed by atoms with Crippen LogP contribution in [-0.2, 0) is 4.74 Å². The van der Waals surface area contributed by atoms with Gasteiger partial charge in [-0.1, -0.05) is 0 Å². The van der Waals surface area contributed by atoms with E-state index in [2.05, 4.69) is 0 Å². The highest BCUT2D eigenvalue weighted by Crippen LogP contribution is 2.28. The van der Waals surface area contributed by atoms with Crippen molar-refractivity contribution in [2.75, 3.05) is 42.3 Å². The minimum Gasteiger partial charge on any atom is -0.464 e. The van der Waals surface area contributed by atoms with Crippen LogP contribution in [0.25, 0.3) is 5.69 Å². The van der Waals surface area contributed by atoms with Crippen molar-refractivity contribution in [3.05, 3.63) is 41.5 Å². The van der Waals surface area contributed by atoms with Crippen LogP contribution in [0.15, 0.2) is 24.4 Å². The zero-order valence-corrected chi connectivity index (χ0v) is 14.5. The summed E-state index contributed by atoms with van der Waals surface area (Å²) in [5.74, 6) is 0.864. The predicted molar refractivity (Wildman–Crippen MR) is 95.7 cm³/mol. The summed E-state index contributed by atoms with van der Waals surface area (Å²) in [7, 11) is 1.23. The molecule has 8 heteroatoms. The Kier molecular flexibility index (Phi) is 4.86. The molecule has 1 aromatic heterocycles. The van der Waals surface area contributed by atoms with Crippen molar-refractivity contribution in [1.29, 1.82) is 5.26 Å². The molecule has 0 aliphatic carbocycles. The number of nitriles is 1. The molecule has 1 aromatic carbocycles. The van der Waals surface area contributed by atoms with Crippen molar-refractivity contribution < 1.29 is 13.9 Å². The molecule has 0 spiro atoms. The van der Waals surface area contributed by atoms with Crippen LogP contribution in [0.4, 0.5) is 15.8 Å². The minimum atomic E-state index is -0.684. The van der Waals surface area contributed by atoms with Gasteiger partial charge in [0.05, 0.1) is 24.0 Å². The van der Waals surface area contributed by atoms with Crippen LogP contribution in [0.3, 0.4) is 0 Å². The zero-order chi connectivity index (χ0) is 18.0. The predicted octanol–water partition coefficient (Wildman–Crippen LogP) is 2.41. The number of thioether (sulfide) groups is 1. The standard InChI is InChI=1S/C17H17FN4O2S/c1-24-17(23)16-15(20)11(9-19)10-22(16)12-2-3-14(13(18)8-12)21-4-6-25-7-5-21/h2-3,8,10H,4-7,20H2,1H3. The quantitative estimate of drug-likeness (QED) is 0.846. The van der Waals surface area contributed by atoms with E-state index in [1.807, 2.05) is 22.7 Å². The van der Waals surface area contributed by atoms with Gasteiger partial charge in [0.25, 0.3) is 0 Å². The minimum absolute atomic E-state index is 0.0144. The summed E-state index contributed by atoms with van der Waals surface area (Å²) in [6.45, 7) is 1.59. The van der Waals surface area contributed by atoms with Crippen LogP contribution in [0.5, 0.6) is 0 Å². The lowest BCUT2D eigenvalue weighted by Gasteiger charge is -2.29. The summed E-state index contributed by atoms with van der Waals surface area (Å²) >= 11 is 1.85. The molecule has 3 rings (SSSR count). The summed E-state index contributed by atoms with van der Waals surface area (Å²) in [5, 5.41) is 9.15. The highest BCUT2D eigenvalue weighted by molar-refractivity contribution is 7.99. The summed E-state index contributed by atoms with van der Waals surface area (Å²) in [6.07, 6.45) is 1.41. The molecule has 0 atom stereocenters. The van der Waals surface area contributed by atoms with Crippen LogP contribution in [0.1, 0.15) is 16.1 Å². The highest BCUT2D eigenvalue weighted by atomic mass is 32.2. The van der Waals surface area contributed by atoms with Gasteiger partial charge in [-0.05, 0) is 12.1 Å². The molecule has 2 aromatic rings. The fourth-order valence-corrected chi connectivity index (χ4v) is 3.73. The lowest BCUT2D eigenvalue weighted by Crippen LogP contribution is -2.33. The summed E-state index contributed by atoms with van der Waals surface area (Å²) < 4.78 is 20.8. The first-order valence-corrected chi connectivity index (χ1v) is 8.84. The number of benzene rings is 1. The molecule has 25 heavy (non-hydrogen) atoms. The zero-order valence-electron chi connectivity index (χ0n) is 13.7. The molecule has 1 fully saturated rings. The van der Waals surface area contributed by atoms with Gasteiger partial charge in [0.15, 0.2) is 5.69 Å². The van der Waals surface area contributed by atoms with Crippen LogP contribution in [0, 0.1) is 17.1 Å². The fraction of sp³-hybridized carbons (Fsp3) is 0.294. The van der Waals surface area contributed by atoms with E-state index in [9.17, 15) is 9.18 Å². The Labute approximate surface area is 149 Å². The average molecular weight is 360 g/mol. The third-order valence-electron chi connectivity index (χ3n) is 4.10. The van der Waals surface area contributed by atoms with Gasteiger partial charge in [-0.15, -0.1) is 0 Å². The Morgan fingerprint density at radius 1 is 1.40 bits per heavy atom. The Hall–Kier alpha value is -2.66. The molecule has 0 bridgehead atoms. The first kappa shape index (κ1) is 17.2.